The molecule has 0 aliphatic rings. The molecule has 1 unspecified atom stereocenters. The maximum Gasteiger partial charge on any atom is 0.165 e. The highest BCUT2D eigenvalue weighted by molar-refractivity contribution is 5.48. The molecule has 1 aromatic carbocycles. The summed E-state index contributed by atoms with van der Waals surface area (Å²) >= 11 is 0. The lowest BCUT2D eigenvalue weighted by molar-refractivity contribution is 0.336. The van der Waals surface area contributed by atoms with Crippen molar-refractivity contribution < 1.29 is 9.47 Å². The number of hydrogen-bond acceptors (Lipinski definition) is 3. The van der Waals surface area contributed by atoms with E-state index >= 15 is 0 Å². The average molecular weight is 251 g/mol. The second kappa shape index (κ2) is 7.27. The van der Waals surface area contributed by atoms with Gasteiger partial charge in [0, 0.05) is 11.6 Å². The summed E-state index contributed by atoms with van der Waals surface area (Å²) in [5, 5.41) is 3.58. The highest BCUT2D eigenvalue weighted by atomic mass is 16.5. The fraction of sp³-hybridized carbons (Fsp3) is 0.600. The van der Waals surface area contributed by atoms with E-state index in [1.54, 1.807) is 14.2 Å². The van der Waals surface area contributed by atoms with E-state index in [9.17, 15) is 0 Å². The molecule has 0 amide bonds. The number of para-hydroxylation sites is 1. The summed E-state index contributed by atoms with van der Waals surface area (Å²) in [5.74, 6) is 2.12. The second-order valence-electron chi connectivity index (χ2n) is 4.76. The van der Waals surface area contributed by atoms with Gasteiger partial charge in [-0.3, -0.25) is 0 Å². The number of nitrogens with one attached hydrogen (secondary N) is 1. The van der Waals surface area contributed by atoms with E-state index in [0.717, 1.165) is 24.5 Å². The Morgan fingerprint density at radius 3 is 2.39 bits per heavy atom. The van der Waals surface area contributed by atoms with E-state index in [1.807, 2.05) is 12.1 Å². The minimum Gasteiger partial charge on any atom is -0.493 e. The van der Waals surface area contributed by atoms with Crippen LogP contribution in [-0.4, -0.2) is 20.8 Å². The molecule has 0 spiro atoms. The van der Waals surface area contributed by atoms with Crippen LogP contribution < -0.4 is 14.8 Å². The smallest absolute Gasteiger partial charge is 0.165 e. The molecule has 0 heterocycles. The SMILES string of the molecule is CCCNC(c1cccc(OC)c1OC)C(C)C. The van der Waals surface area contributed by atoms with Gasteiger partial charge in [-0.25, -0.2) is 0 Å². The molecule has 0 aromatic heterocycles. The van der Waals surface area contributed by atoms with E-state index < -0.39 is 0 Å². The molecule has 1 atom stereocenters. The molecule has 0 fully saturated rings. The Morgan fingerprint density at radius 1 is 1.17 bits per heavy atom. The third kappa shape index (κ3) is 3.39. The zero-order valence-corrected chi connectivity index (χ0v) is 12.1. The summed E-state index contributed by atoms with van der Waals surface area (Å²) in [7, 11) is 3.37. The summed E-state index contributed by atoms with van der Waals surface area (Å²) in [5.41, 5.74) is 1.17. The van der Waals surface area contributed by atoms with Crippen molar-refractivity contribution in [3.8, 4) is 11.5 Å². The zero-order valence-electron chi connectivity index (χ0n) is 12.1. The molecule has 0 radical (unpaired) electrons. The van der Waals surface area contributed by atoms with Crippen molar-refractivity contribution in [1.29, 1.82) is 0 Å². The van der Waals surface area contributed by atoms with E-state index in [1.165, 1.54) is 5.56 Å². The van der Waals surface area contributed by atoms with Gasteiger partial charge in [-0.05, 0) is 24.9 Å². The number of methoxy groups -OCH3 is 2. The predicted molar refractivity (Wildman–Crippen MR) is 75.4 cm³/mol. The Bertz CT molecular complexity index is 364. The van der Waals surface area contributed by atoms with E-state index in [-0.39, 0.29) is 6.04 Å². The Kier molecular flexibility index (Phi) is 5.99. The topological polar surface area (TPSA) is 30.5 Å². The van der Waals surface area contributed by atoms with Crippen LogP contribution in [0.2, 0.25) is 0 Å². The maximum absolute atomic E-state index is 5.51. The van der Waals surface area contributed by atoms with Gasteiger partial charge in [-0.15, -0.1) is 0 Å². The molecule has 3 heteroatoms. The maximum atomic E-state index is 5.51. The fourth-order valence-corrected chi connectivity index (χ4v) is 2.16. The van der Waals surface area contributed by atoms with Crippen molar-refractivity contribution in [2.75, 3.05) is 20.8 Å². The second-order valence-corrected chi connectivity index (χ2v) is 4.76. The van der Waals surface area contributed by atoms with Crippen LogP contribution in [0.25, 0.3) is 0 Å². The van der Waals surface area contributed by atoms with E-state index in [0.29, 0.717) is 5.92 Å². The summed E-state index contributed by atoms with van der Waals surface area (Å²) in [4.78, 5) is 0. The van der Waals surface area contributed by atoms with Crippen LogP contribution in [0, 0.1) is 5.92 Å². The van der Waals surface area contributed by atoms with Crippen molar-refractivity contribution >= 4 is 0 Å². The minimum absolute atomic E-state index is 0.287. The Morgan fingerprint density at radius 2 is 1.89 bits per heavy atom. The lowest BCUT2D eigenvalue weighted by Crippen LogP contribution is -2.26. The highest BCUT2D eigenvalue weighted by Crippen LogP contribution is 2.37. The Balaban J connectivity index is 3.10. The summed E-state index contributed by atoms with van der Waals surface area (Å²) in [6, 6.07) is 6.34. The Labute approximate surface area is 110 Å². The first-order valence-corrected chi connectivity index (χ1v) is 6.59. The average Bonchev–Trinajstić information content (AvgIpc) is 2.38. The van der Waals surface area contributed by atoms with Gasteiger partial charge in [0.15, 0.2) is 11.5 Å². The van der Waals surface area contributed by atoms with Crippen LogP contribution in [0.15, 0.2) is 18.2 Å². The quantitative estimate of drug-likeness (QED) is 0.805. The van der Waals surface area contributed by atoms with Crippen molar-refractivity contribution in [3.63, 3.8) is 0 Å². The molecule has 0 saturated carbocycles. The van der Waals surface area contributed by atoms with Gasteiger partial charge >= 0.3 is 0 Å². The van der Waals surface area contributed by atoms with Gasteiger partial charge in [-0.1, -0.05) is 32.9 Å². The molecule has 102 valence electrons. The normalized spacial score (nSPS) is 12.6. The number of rotatable bonds is 7. The molecule has 0 saturated heterocycles. The van der Waals surface area contributed by atoms with Crippen LogP contribution in [0.5, 0.6) is 11.5 Å². The standard InChI is InChI=1S/C15H25NO2/c1-6-10-16-14(11(2)3)12-8-7-9-13(17-4)15(12)18-5/h7-9,11,14,16H,6,10H2,1-5H3. The van der Waals surface area contributed by atoms with Gasteiger partial charge in [0.25, 0.3) is 0 Å². The van der Waals surface area contributed by atoms with Gasteiger partial charge in [-0.2, -0.15) is 0 Å². The van der Waals surface area contributed by atoms with Crippen LogP contribution in [0.1, 0.15) is 38.8 Å². The van der Waals surface area contributed by atoms with Crippen LogP contribution >= 0.6 is 0 Å². The molecular formula is C15H25NO2. The van der Waals surface area contributed by atoms with Crippen molar-refractivity contribution in [1.82, 2.24) is 5.32 Å². The summed E-state index contributed by atoms with van der Waals surface area (Å²) in [6.07, 6.45) is 1.12. The van der Waals surface area contributed by atoms with Gasteiger partial charge < -0.3 is 14.8 Å². The van der Waals surface area contributed by atoms with Gasteiger partial charge in [0.1, 0.15) is 0 Å². The Hall–Kier alpha value is -1.22. The summed E-state index contributed by atoms with van der Waals surface area (Å²) < 4.78 is 10.9. The third-order valence-corrected chi connectivity index (χ3v) is 3.05. The monoisotopic (exact) mass is 251 g/mol. The number of hydrogen-bond donors (Lipinski definition) is 1. The number of ether oxygens (including phenoxy) is 2. The first-order chi connectivity index (χ1) is 8.65. The first-order valence-electron chi connectivity index (χ1n) is 6.59. The highest BCUT2D eigenvalue weighted by Gasteiger charge is 2.21. The molecule has 1 aromatic rings. The number of benzene rings is 1. The largest absolute Gasteiger partial charge is 0.493 e. The van der Waals surface area contributed by atoms with E-state index in [4.69, 9.17) is 9.47 Å². The van der Waals surface area contributed by atoms with Crippen LogP contribution in [0.3, 0.4) is 0 Å². The van der Waals surface area contributed by atoms with Crippen molar-refractivity contribution in [2.45, 2.75) is 33.2 Å². The minimum atomic E-state index is 0.287. The van der Waals surface area contributed by atoms with Crippen LogP contribution in [-0.2, 0) is 0 Å². The predicted octanol–water partition coefficient (Wildman–Crippen LogP) is 3.40. The van der Waals surface area contributed by atoms with Crippen molar-refractivity contribution in [2.24, 2.45) is 5.92 Å². The van der Waals surface area contributed by atoms with Crippen LogP contribution in [0.4, 0.5) is 0 Å². The molecule has 0 aliphatic heterocycles. The lowest BCUT2D eigenvalue weighted by Gasteiger charge is -2.25. The zero-order chi connectivity index (χ0) is 13.5. The molecule has 0 bridgehead atoms. The molecule has 1 rings (SSSR count). The third-order valence-electron chi connectivity index (χ3n) is 3.05. The summed E-state index contributed by atoms with van der Waals surface area (Å²) in [6.45, 7) is 7.61. The lowest BCUT2D eigenvalue weighted by atomic mass is 9.94. The molecule has 3 nitrogen and oxygen atoms in total. The van der Waals surface area contributed by atoms with Gasteiger partial charge in [0.2, 0.25) is 0 Å². The molecule has 1 N–H and O–H groups in total. The van der Waals surface area contributed by atoms with E-state index in [2.05, 4.69) is 32.2 Å². The molecule has 0 aliphatic carbocycles. The van der Waals surface area contributed by atoms with Gasteiger partial charge in [0.05, 0.1) is 14.2 Å². The first kappa shape index (κ1) is 14.8. The molecular weight excluding hydrogens is 226 g/mol. The molecule has 18 heavy (non-hydrogen) atoms. The van der Waals surface area contributed by atoms with Crippen molar-refractivity contribution in [3.05, 3.63) is 23.8 Å². The fourth-order valence-electron chi connectivity index (χ4n) is 2.16.